The molecule has 0 fully saturated rings. The van der Waals surface area contributed by atoms with Crippen LogP contribution in [0, 0.1) is 12.7 Å². The highest BCUT2D eigenvalue weighted by Gasteiger charge is 2.26. The number of rotatable bonds is 8. The number of aryl methyl sites for hydroxylation is 1. The van der Waals surface area contributed by atoms with Gasteiger partial charge >= 0.3 is 6.18 Å². The minimum atomic E-state index is -4.37. The number of carbonyl (C=O) groups is 1. The number of amides is 1. The van der Waals surface area contributed by atoms with Crippen molar-refractivity contribution >= 4 is 17.2 Å². The Morgan fingerprint density at radius 1 is 1.16 bits per heavy atom. The lowest BCUT2D eigenvalue weighted by molar-refractivity contribution is -0.131. The number of benzene rings is 2. The molecule has 0 atom stereocenters. The number of phenols is 1. The summed E-state index contributed by atoms with van der Waals surface area (Å²) in [5.74, 6) is -1.73. The summed E-state index contributed by atoms with van der Waals surface area (Å²) in [7, 11) is 0. The number of hydrogen-bond donors (Lipinski definition) is 3. The maximum Gasteiger partial charge on any atom is 0.390 e. The summed E-state index contributed by atoms with van der Waals surface area (Å²) in [6.07, 6.45) is -3.96. The van der Waals surface area contributed by atoms with E-state index >= 15 is 0 Å². The summed E-state index contributed by atoms with van der Waals surface area (Å²) >= 11 is 0. The lowest BCUT2D eigenvalue weighted by Gasteiger charge is -2.13. The summed E-state index contributed by atoms with van der Waals surface area (Å²) < 4.78 is 59.4. The minimum Gasteiger partial charge on any atom is -0.508 e. The fraction of sp³-hybridized carbons (Fsp3) is 0.240. The van der Waals surface area contributed by atoms with Crippen molar-refractivity contribution in [2.24, 2.45) is 0 Å². The molecule has 8 nitrogen and oxygen atoms in total. The van der Waals surface area contributed by atoms with E-state index < -0.39 is 25.0 Å². The Hall–Kier alpha value is -4.35. The van der Waals surface area contributed by atoms with E-state index in [0.717, 1.165) is 6.07 Å². The van der Waals surface area contributed by atoms with Gasteiger partial charge in [-0.2, -0.15) is 13.2 Å². The molecule has 12 heteroatoms. The minimum absolute atomic E-state index is 0.124. The Morgan fingerprint density at radius 2 is 1.95 bits per heavy atom. The maximum absolute atomic E-state index is 14.3. The number of phenolic OH excluding ortho intramolecular Hbond substituents is 1. The predicted molar refractivity (Wildman–Crippen MR) is 128 cm³/mol. The Labute approximate surface area is 208 Å². The van der Waals surface area contributed by atoms with Gasteiger partial charge in [0.1, 0.15) is 5.75 Å². The number of imidazole rings is 1. The van der Waals surface area contributed by atoms with E-state index in [-0.39, 0.29) is 34.6 Å². The third-order valence-corrected chi connectivity index (χ3v) is 5.40. The van der Waals surface area contributed by atoms with Crippen molar-refractivity contribution in [2.45, 2.75) is 26.4 Å². The van der Waals surface area contributed by atoms with Gasteiger partial charge in [-0.25, -0.2) is 13.9 Å². The Morgan fingerprint density at radius 3 is 2.62 bits per heavy atom. The van der Waals surface area contributed by atoms with Crippen molar-refractivity contribution in [2.75, 3.05) is 18.4 Å². The number of alkyl halides is 3. The molecule has 2 aromatic heterocycles. The Bertz CT molecular complexity index is 1450. The zero-order valence-corrected chi connectivity index (χ0v) is 19.9. The number of fused-ring (bicyclic) bond motifs is 1. The molecule has 2 heterocycles. The van der Waals surface area contributed by atoms with Crippen LogP contribution >= 0.6 is 0 Å². The molecular weight excluding hydrogens is 494 g/mol. The van der Waals surface area contributed by atoms with Crippen molar-refractivity contribution in [3.8, 4) is 28.6 Å². The topological polar surface area (TPSA) is 101 Å². The van der Waals surface area contributed by atoms with Crippen molar-refractivity contribution in [1.29, 1.82) is 0 Å². The first-order valence-corrected chi connectivity index (χ1v) is 11.3. The zero-order chi connectivity index (χ0) is 26.7. The summed E-state index contributed by atoms with van der Waals surface area (Å²) in [5, 5.41) is 19.2. The van der Waals surface area contributed by atoms with Crippen LogP contribution in [0.4, 0.5) is 23.2 Å². The normalized spacial score (nSPS) is 11.5. The van der Waals surface area contributed by atoms with Crippen LogP contribution in [0.2, 0.25) is 0 Å². The molecule has 4 aromatic rings. The Balaban J connectivity index is 1.76. The second-order valence-corrected chi connectivity index (χ2v) is 8.17. The van der Waals surface area contributed by atoms with E-state index in [1.54, 1.807) is 25.1 Å². The summed E-state index contributed by atoms with van der Waals surface area (Å²) in [5.41, 5.74) is 2.71. The van der Waals surface area contributed by atoms with Gasteiger partial charge in [-0.05, 0) is 43.7 Å². The molecule has 194 valence electrons. The number of anilines is 1. The molecule has 0 bridgehead atoms. The number of ether oxygens (including phenoxy) is 1. The lowest BCUT2D eigenvalue weighted by Crippen LogP contribution is -2.23. The zero-order valence-electron chi connectivity index (χ0n) is 19.9. The third kappa shape index (κ3) is 5.90. The van der Waals surface area contributed by atoms with Crippen LogP contribution in [-0.4, -0.2) is 44.9 Å². The second kappa shape index (κ2) is 10.3. The SMILES string of the molecule is CCNC(=O)c1ccc(-c2cnc3c(NCCC(F)(F)F)cc(Oc4ccc(O)cc4F)nn23)cc1C. The van der Waals surface area contributed by atoms with Gasteiger partial charge in [0.25, 0.3) is 5.91 Å². The largest absolute Gasteiger partial charge is 0.508 e. The van der Waals surface area contributed by atoms with Crippen LogP contribution in [0.1, 0.15) is 29.3 Å². The molecule has 3 N–H and O–H groups in total. The molecule has 0 aliphatic carbocycles. The third-order valence-electron chi connectivity index (χ3n) is 5.40. The first kappa shape index (κ1) is 25.7. The molecule has 2 aromatic carbocycles. The molecule has 0 aliphatic rings. The molecule has 0 spiro atoms. The maximum atomic E-state index is 14.3. The second-order valence-electron chi connectivity index (χ2n) is 8.17. The molecule has 1 amide bonds. The molecular formula is C25H23F4N5O3. The van der Waals surface area contributed by atoms with E-state index in [4.69, 9.17) is 4.74 Å². The molecule has 0 saturated carbocycles. The van der Waals surface area contributed by atoms with E-state index in [1.807, 2.05) is 6.92 Å². The molecule has 4 rings (SSSR count). The van der Waals surface area contributed by atoms with Gasteiger partial charge in [0.2, 0.25) is 5.88 Å². The van der Waals surface area contributed by atoms with Gasteiger partial charge in [0.05, 0.1) is 24.0 Å². The summed E-state index contributed by atoms with van der Waals surface area (Å²) in [4.78, 5) is 16.6. The summed E-state index contributed by atoms with van der Waals surface area (Å²) in [6, 6.07) is 9.72. The van der Waals surface area contributed by atoms with Crippen molar-refractivity contribution < 1.29 is 32.2 Å². The van der Waals surface area contributed by atoms with Crippen LogP contribution in [0.5, 0.6) is 17.4 Å². The molecule has 0 radical (unpaired) electrons. The Kier molecular flexibility index (Phi) is 7.18. The van der Waals surface area contributed by atoms with E-state index in [2.05, 4.69) is 20.7 Å². The number of nitrogens with zero attached hydrogens (tertiary/aromatic N) is 3. The fourth-order valence-corrected chi connectivity index (χ4v) is 3.68. The van der Waals surface area contributed by atoms with Crippen molar-refractivity contribution in [3.63, 3.8) is 0 Å². The van der Waals surface area contributed by atoms with Crippen LogP contribution < -0.4 is 15.4 Å². The highest BCUT2D eigenvalue weighted by Crippen LogP contribution is 2.32. The number of hydrogen-bond acceptors (Lipinski definition) is 6. The quantitative estimate of drug-likeness (QED) is 0.269. The highest BCUT2D eigenvalue weighted by molar-refractivity contribution is 5.96. The number of nitrogens with one attached hydrogen (secondary N) is 2. The summed E-state index contributed by atoms with van der Waals surface area (Å²) in [6.45, 7) is 3.64. The van der Waals surface area contributed by atoms with Gasteiger partial charge in [-0.3, -0.25) is 4.79 Å². The number of carbonyl (C=O) groups excluding carboxylic acids is 1. The molecule has 0 saturated heterocycles. The van der Waals surface area contributed by atoms with Crippen LogP contribution in [0.15, 0.2) is 48.7 Å². The van der Waals surface area contributed by atoms with Crippen LogP contribution in [0.3, 0.4) is 0 Å². The smallest absolute Gasteiger partial charge is 0.390 e. The van der Waals surface area contributed by atoms with E-state index in [9.17, 15) is 27.5 Å². The van der Waals surface area contributed by atoms with Crippen LogP contribution in [-0.2, 0) is 0 Å². The predicted octanol–water partition coefficient (Wildman–Crippen LogP) is 5.46. The monoisotopic (exact) mass is 517 g/mol. The average Bonchev–Trinajstić information content (AvgIpc) is 3.24. The number of halogens is 4. The van der Waals surface area contributed by atoms with Gasteiger partial charge in [0, 0.05) is 36.3 Å². The van der Waals surface area contributed by atoms with Crippen molar-refractivity contribution in [3.05, 3.63) is 65.6 Å². The average molecular weight is 517 g/mol. The standard InChI is InChI=1S/C25H23F4N5O3/c1-3-30-24(36)17-6-4-15(10-14(17)2)20-13-32-23-19(31-9-8-25(27,28)29)12-22(33-34(20)23)37-21-7-5-16(35)11-18(21)26/h4-7,10-13,31,35H,3,8-9H2,1-2H3,(H,30,36). The fourth-order valence-electron chi connectivity index (χ4n) is 3.68. The first-order chi connectivity index (χ1) is 17.6. The number of aromatic hydroxyl groups is 1. The van der Waals surface area contributed by atoms with E-state index in [1.165, 1.54) is 28.9 Å². The van der Waals surface area contributed by atoms with Crippen molar-refractivity contribution in [1.82, 2.24) is 19.9 Å². The molecule has 0 aliphatic heterocycles. The number of aromatic nitrogens is 3. The van der Waals surface area contributed by atoms with E-state index in [0.29, 0.717) is 28.9 Å². The molecule has 0 unspecified atom stereocenters. The lowest BCUT2D eigenvalue weighted by atomic mass is 10.0. The molecule has 37 heavy (non-hydrogen) atoms. The van der Waals surface area contributed by atoms with Crippen LogP contribution in [0.25, 0.3) is 16.9 Å². The first-order valence-electron chi connectivity index (χ1n) is 11.3. The van der Waals surface area contributed by atoms with Gasteiger partial charge in [-0.1, -0.05) is 6.07 Å². The van der Waals surface area contributed by atoms with Gasteiger partial charge < -0.3 is 20.5 Å². The highest BCUT2D eigenvalue weighted by atomic mass is 19.4. The van der Waals surface area contributed by atoms with Gasteiger partial charge in [0.15, 0.2) is 17.2 Å². The van der Waals surface area contributed by atoms with Gasteiger partial charge in [-0.15, -0.1) is 5.10 Å².